The maximum atomic E-state index is 12.2. The Bertz CT molecular complexity index is 412. The number of hydrogen-bond donors (Lipinski definition) is 1. The molecule has 4 heteroatoms. The molecule has 0 aliphatic carbocycles. The highest BCUT2D eigenvalue weighted by atomic mass is 79.9. The summed E-state index contributed by atoms with van der Waals surface area (Å²) in [4.78, 5) is 12.2. The highest BCUT2D eigenvalue weighted by Crippen LogP contribution is 2.15. The standard InChI is InChI=1S/C15H22BrNO2/c1-5-19-9-14(10(2)3)17-15(18)12-6-11(4)7-13(16)8-12/h6-8,10,14H,5,9H2,1-4H3,(H,17,18). The van der Waals surface area contributed by atoms with E-state index in [1.165, 1.54) is 0 Å². The summed E-state index contributed by atoms with van der Waals surface area (Å²) in [7, 11) is 0. The second kappa shape index (κ2) is 7.65. The molecule has 1 N–H and O–H groups in total. The van der Waals surface area contributed by atoms with Crippen molar-refractivity contribution in [1.82, 2.24) is 5.32 Å². The van der Waals surface area contributed by atoms with Gasteiger partial charge in [-0.25, -0.2) is 0 Å². The Labute approximate surface area is 123 Å². The van der Waals surface area contributed by atoms with Crippen LogP contribution < -0.4 is 5.32 Å². The van der Waals surface area contributed by atoms with E-state index in [-0.39, 0.29) is 11.9 Å². The lowest BCUT2D eigenvalue weighted by Gasteiger charge is -2.22. The molecule has 0 saturated heterocycles. The number of ether oxygens (including phenoxy) is 1. The van der Waals surface area contributed by atoms with Crippen molar-refractivity contribution in [2.75, 3.05) is 13.2 Å². The number of rotatable bonds is 6. The number of amides is 1. The molecule has 0 saturated carbocycles. The summed E-state index contributed by atoms with van der Waals surface area (Å²) in [6.45, 7) is 9.30. The fourth-order valence-electron chi connectivity index (χ4n) is 1.76. The molecule has 1 aromatic rings. The van der Waals surface area contributed by atoms with Gasteiger partial charge in [-0.3, -0.25) is 4.79 Å². The topological polar surface area (TPSA) is 38.3 Å². The minimum atomic E-state index is -0.0530. The predicted molar refractivity (Wildman–Crippen MR) is 81.5 cm³/mol. The first-order valence-corrected chi connectivity index (χ1v) is 7.39. The zero-order valence-electron chi connectivity index (χ0n) is 12.0. The molecule has 0 fully saturated rings. The Morgan fingerprint density at radius 1 is 1.37 bits per heavy atom. The van der Waals surface area contributed by atoms with Gasteiger partial charge in [0, 0.05) is 16.6 Å². The van der Waals surface area contributed by atoms with Crippen LogP contribution in [0.4, 0.5) is 0 Å². The lowest BCUT2D eigenvalue weighted by atomic mass is 10.0. The van der Waals surface area contributed by atoms with Crippen LogP contribution >= 0.6 is 15.9 Å². The average molecular weight is 328 g/mol. The van der Waals surface area contributed by atoms with Crippen LogP contribution in [0.15, 0.2) is 22.7 Å². The Morgan fingerprint density at radius 2 is 2.05 bits per heavy atom. The molecule has 0 bridgehead atoms. The van der Waals surface area contributed by atoms with Crippen molar-refractivity contribution in [2.24, 2.45) is 5.92 Å². The van der Waals surface area contributed by atoms with Crippen LogP contribution in [-0.2, 0) is 4.74 Å². The zero-order chi connectivity index (χ0) is 14.4. The van der Waals surface area contributed by atoms with Crippen LogP contribution in [-0.4, -0.2) is 25.2 Å². The molecule has 3 nitrogen and oxygen atoms in total. The molecule has 106 valence electrons. The molecule has 0 spiro atoms. The lowest BCUT2D eigenvalue weighted by molar-refractivity contribution is 0.0806. The maximum absolute atomic E-state index is 12.2. The van der Waals surface area contributed by atoms with Crippen molar-refractivity contribution in [3.8, 4) is 0 Å². The van der Waals surface area contributed by atoms with E-state index < -0.39 is 0 Å². The van der Waals surface area contributed by atoms with Crippen LogP contribution in [0.1, 0.15) is 36.7 Å². The van der Waals surface area contributed by atoms with Crippen molar-refractivity contribution in [3.05, 3.63) is 33.8 Å². The number of carbonyl (C=O) groups excluding carboxylic acids is 1. The molecule has 19 heavy (non-hydrogen) atoms. The molecule has 0 aliphatic heterocycles. The molecule has 1 rings (SSSR count). The van der Waals surface area contributed by atoms with Gasteiger partial charge in [-0.15, -0.1) is 0 Å². The Morgan fingerprint density at radius 3 is 2.58 bits per heavy atom. The minimum Gasteiger partial charge on any atom is -0.380 e. The van der Waals surface area contributed by atoms with Gasteiger partial charge in [0.05, 0.1) is 12.6 Å². The van der Waals surface area contributed by atoms with E-state index in [1.807, 2.05) is 32.0 Å². The van der Waals surface area contributed by atoms with Crippen molar-refractivity contribution in [3.63, 3.8) is 0 Å². The van der Waals surface area contributed by atoms with Gasteiger partial charge in [0.25, 0.3) is 5.91 Å². The van der Waals surface area contributed by atoms with E-state index in [0.717, 1.165) is 10.0 Å². The number of nitrogens with one attached hydrogen (secondary N) is 1. The van der Waals surface area contributed by atoms with Gasteiger partial charge >= 0.3 is 0 Å². The van der Waals surface area contributed by atoms with Crippen molar-refractivity contribution < 1.29 is 9.53 Å². The molecule has 0 radical (unpaired) electrons. The first-order valence-electron chi connectivity index (χ1n) is 6.59. The first-order chi connectivity index (χ1) is 8.93. The monoisotopic (exact) mass is 327 g/mol. The number of halogens is 1. The molecule has 0 heterocycles. The van der Waals surface area contributed by atoms with Crippen molar-refractivity contribution in [2.45, 2.75) is 33.7 Å². The Kier molecular flexibility index (Phi) is 6.52. The van der Waals surface area contributed by atoms with E-state index >= 15 is 0 Å². The van der Waals surface area contributed by atoms with E-state index in [2.05, 4.69) is 35.1 Å². The van der Waals surface area contributed by atoms with Crippen LogP contribution in [0.5, 0.6) is 0 Å². The fraction of sp³-hybridized carbons (Fsp3) is 0.533. The molecule has 1 unspecified atom stereocenters. The predicted octanol–water partition coefficient (Wildman–Crippen LogP) is 3.55. The zero-order valence-corrected chi connectivity index (χ0v) is 13.6. The number of aryl methyl sites for hydroxylation is 1. The quantitative estimate of drug-likeness (QED) is 0.867. The molecule has 1 atom stereocenters. The van der Waals surface area contributed by atoms with Gasteiger partial charge in [0.1, 0.15) is 0 Å². The highest BCUT2D eigenvalue weighted by molar-refractivity contribution is 9.10. The molecular weight excluding hydrogens is 306 g/mol. The summed E-state index contributed by atoms with van der Waals surface area (Å²) in [5.74, 6) is 0.284. The molecule has 0 aliphatic rings. The van der Waals surface area contributed by atoms with Crippen LogP contribution in [0, 0.1) is 12.8 Å². The SMILES string of the molecule is CCOCC(NC(=O)c1cc(C)cc(Br)c1)C(C)C. The third-order valence-corrected chi connectivity index (χ3v) is 3.38. The number of benzene rings is 1. The van der Waals surface area contributed by atoms with Gasteiger partial charge in [-0.2, -0.15) is 0 Å². The van der Waals surface area contributed by atoms with E-state index in [0.29, 0.717) is 24.7 Å². The summed E-state index contributed by atoms with van der Waals surface area (Å²) in [5, 5.41) is 3.04. The van der Waals surface area contributed by atoms with Gasteiger partial charge in [-0.05, 0) is 43.5 Å². The van der Waals surface area contributed by atoms with Gasteiger partial charge in [0.15, 0.2) is 0 Å². The van der Waals surface area contributed by atoms with Crippen molar-refractivity contribution >= 4 is 21.8 Å². The van der Waals surface area contributed by atoms with Crippen LogP contribution in [0.3, 0.4) is 0 Å². The van der Waals surface area contributed by atoms with Gasteiger partial charge < -0.3 is 10.1 Å². The van der Waals surface area contributed by atoms with Crippen LogP contribution in [0.2, 0.25) is 0 Å². The first kappa shape index (κ1) is 16.2. The van der Waals surface area contributed by atoms with E-state index in [9.17, 15) is 4.79 Å². The summed E-state index contributed by atoms with van der Waals surface area (Å²) < 4.78 is 6.34. The summed E-state index contributed by atoms with van der Waals surface area (Å²) >= 11 is 3.41. The summed E-state index contributed by atoms with van der Waals surface area (Å²) in [6, 6.07) is 5.74. The van der Waals surface area contributed by atoms with E-state index in [1.54, 1.807) is 0 Å². The maximum Gasteiger partial charge on any atom is 0.251 e. The van der Waals surface area contributed by atoms with E-state index in [4.69, 9.17) is 4.74 Å². The van der Waals surface area contributed by atoms with Crippen molar-refractivity contribution in [1.29, 1.82) is 0 Å². The van der Waals surface area contributed by atoms with Gasteiger partial charge in [0.2, 0.25) is 0 Å². The average Bonchev–Trinajstić information content (AvgIpc) is 2.32. The normalized spacial score (nSPS) is 12.5. The summed E-state index contributed by atoms with van der Waals surface area (Å²) in [6.07, 6.45) is 0. The largest absolute Gasteiger partial charge is 0.380 e. The smallest absolute Gasteiger partial charge is 0.251 e. The van der Waals surface area contributed by atoms with Gasteiger partial charge in [-0.1, -0.05) is 29.8 Å². The Hall–Kier alpha value is -0.870. The third-order valence-electron chi connectivity index (χ3n) is 2.93. The second-order valence-corrected chi connectivity index (χ2v) is 5.92. The number of carbonyl (C=O) groups is 1. The molecule has 1 amide bonds. The lowest BCUT2D eigenvalue weighted by Crippen LogP contribution is -2.41. The molecular formula is C15H22BrNO2. The minimum absolute atomic E-state index is 0.0340. The third kappa shape index (κ3) is 5.33. The highest BCUT2D eigenvalue weighted by Gasteiger charge is 2.17. The molecule has 0 aromatic heterocycles. The van der Waals surface area contributed by atoms with Crippen LogP contribution in [0.25, 0.3) is 0 Å². The Balaban J connectivity index is 2.75. The summed E-state index contributed by atoms with van der Waals surface area (Å²) in [5.41, 5.74) is 1.74. The number of hydrogen-bond acceptors (Lipinski definition) is 2. The molecule has 1 aromatic carbocycles. The fourth-order valence-corrected chi connectivity index (χ4v) is 2.37. The second-order valence-electron chi connectivity index (χ2n) is 5.00.